The Labute approximate surface area is 95.2 Å². The number of aromatic nitrogens is 2. The Hall–Kier alpha value is -1.98. The molecule has 0 bridgehead atoms. The fourth-order valence-electron chi connectivity index (χ4n) is 1.42. The van der Waals surface area contributed by atoms with E-state index in [1.807, 2.05) is 0 Å². The molecule has 1 aromatic carbocycles. The second kappa shape index (κ2) is 4.48. The van der Waals surface area contributed by atoms with E-state index in [0.717, 1.165) is 6.07 Å². The number of methoxy groups -OCH3 is 1. The standard InChI is InChI=1S/C11H9F3N2O/c1-17-6-2-3-7(8(12)4-6)9-5-10(11(13)14)16-15-9/h2-5,11H,1H3,(H,15,16). The van der Waals surface area contributed by atoms with Gasteiger partial charge in [-0.25, -0.2) is 13.2 Å². The van der Waals surface area contributed by atoms with Crippen LogP contribution < -0.4 is 4.74 Å². The quantitative estimate of drug-likeness (QED) is 0.897. The Morgan fingerprint density at radius 1 is 1.29 bits per heavy atom. The number of ether oxygens (including phenoxy) is 1. The third-order valence-corrected chi connectivity index (χ3v) is 2.28. The van der Waals surface area contributed by atoms with Crippen molar-refractivity contribution in [1.29, 1.82) is 0 Å². The molecule has 1 aromatic heterocycles. The predicted octanol–water partition coefficient (Wildman–Crippen LogP) is 3.16. The maximum atomic E-state index is 13.6. The molecule has 17 heavy (non-hydrogen) atoms. The molecule has 2 aromatic rings. The number of halogens is 3. The highest BCUT2D eigenvalue weighted by Gasteiger charge is 2.14. The Morgan fingerprint density at radius 3 is 2.59 bits per heavy atom. The smallest absolute Gasteiger partial charge is 0.279 e. The lowest BCUT2D eigenvalue weighted by Crippen LogP contribution is -1.88. The van der Waals surface area contributed by atoms with E-state index in [9.17, 15) is 13.2 Å². The number of rotatable bonds is 3. The second-order valence-electron chi connectivity index (χ2n) is 3.35. The van der Waals surface area contributed by atoms with Gasteiger partial charge in [-0.05, 0) is 18.2 Å². The molecular weight excluding hydrogens is 233 g/mol. The van der Waals surface area contributed by atoms with Gasteiger partial charge in [-0.3, -0.25) is 5.10 Å². The number of hydrogen-bond donors (Lipinski definition) is 1. The van der Waals surface area contributed by atoms with Crippen LogP contribution in [-0.4, -0.2) is 17.3 Å². The van der Waals surface area contributed by atoms with Crippen LogP contribution in [0.2, 0.25) is 0 Å². The van der Waals surface area contributed by atoms with Gasteiger partial charge in [0, 0.05) is 11.6 Å². The van der Waals surface area contributed by atoms with E-state index in [-0.39, 0.29) is 17.0 Å². The molecule has 0 unspecified atom stereocenters. The maximum absolute atomic E-state index is 13.6. The minimum absolute atomic E-state index is 0.139. The number of nitrogens with zero attached hydrogens (tertiary/aromatic N) is 1. The highest BCUT2D eigenvalue weighted by atomic mass is 19.3. The third kappa shape index (κ3) is 2.25. The van der Waals surface area contributed by atoms with Crippen LogP contribution in [0, 0.1) is 5.82 Å². The zero-order valence-electron chi connectivity index (χ0n) is 8.88. The Kier molecular flexibility index (Phi) is 3.03. The molecule has 0 aliphatic carbocycles. The molecule has 0 saturated heterocycles. The van der Waals surface area contributed by atoms with Crippen LogP contribution >= 0.6 is 0 Å². The van der Waals surface area contributed by atoms with Crippen LogP contribution in [-0.2, 0) is 0 Å². The summed E-state index contributed by atoms with van der Waals surface area (Å²) in [4.78, 5) is 0. The molecule has 1 heterocycles. The van der Waals surface area contributed by atoms with Gasteiger partial charge >= 0.3 is 0 Å². The first kappa shape index (κ1) is 11.5. The van der Waals surface area contributed by atoms with E-state index >= 15 is 0 Å². The van der Waals surface area contributed by atoms with Crippen LogP contribution in [0.5, 0.6) is 5.75 Å². The Morgan fingerprint density at radius 2 is 2.06 bits per heavy atom. The van der Waals surface area contributed by atoms with Crippen molar-refractivity contribution in [2.75, 3.05) is 7.11 Å². The first-order valence-corrected chi connectivity index (χ1v) is 4.79. The lowest BCUT2D eigenvalue weighted by molar-refractivity contribution is 0.146. The lowest BCUT2D eigenvalue weighted by Gasteiger charge is -2.02. The van der Waals surface area contributed by atoms with Crippen molar-refractivity contribution in [3.05, 3.63) is 35.8 Å². The van der Waals surface area contributed by atoms with Crippen LogP contribution in [0.15, 0.2) is 24.3 Å². The van der Waals surface area contributed by atoms with Crippen molar-refractivity contribution in [3.63, 3.8) is 0 Å². The fourth-order valence-corrected chi connectivity index (χ4v) is 1.42. The summed E-state index contributed by atoms with van der Waals surface area (Å²) in [7, 11) is 1.41. The number of H-pyrrole nitrogens is 1. The number of alkyl halides is 2. The van der Waals surface area contributed by atoms with Gasteiger partial charge in [-0.15, -0.1) is 0 Å². The van der Waals surface area contributed by atoms with Gasteiger partial charge in [0.15, 0.2) is 0 Å². The average molecular weight is 242 g/mol. The lowest BCUT2D eigenvalue weighted by atomic mass is 10.1. The summed E-state index contributed by atoms with van der Waals surface area (Å²) in [5.41, 5.74) is -0.0513. The van der Waals surface area contributed by atoms with Crippen LogP contribution in [0.4, 0.5) is 13.2 Å². The van der Waals surface area contributed by atoms with Gasteiger partial charge in [0.25, 0.3) is 6.43 Å². The summed E-state index contributed by atoms with van der Waals surface area (Å²) in [6, 6.07) is 5.26. The summed E-state index contributed by atoms with van der Waals surface area (Å²) in [5, 5.41) is 5.80. The molecule has 0 radical (unpaired) electrons. The van der Waals surface area contributed by atoms with Crippen molar-refractivity contribution < 1.29 is 17.9 Å². The van der Waals surface area contributed by atoms with Gasteiger partial charge < -0.3 is 4.74 Å². The van der Waals surface area contributed by atoms with Crippen molar-refractivity contribution in [1.82, 2.24) is 10.2 Å². The Balaban J connectivity index is 2.38. The van der Waals surface area contributed by atoms with Crippen LogP contribution in [0.25, 0.3) is 11.3 Å². The second-order valence-corrected chi connectivity index (χ2v) is 3.35. The largest absolute Gasteiger partial charge is 0.497 e. The molecule has 0 fully saturated rings. The third-order valence-electron chi connectivity index (χ3n) is 2.28. The molecule has 3 nitrogen and oxygen atoms in total. The first-order chi connectivity index (χ1) is 8.11. The zero-order chi connectivity index (χ0) is 12.4. The predicted molar refractivity (Wildman–Crippen MR) is 55.5 cm³/mol. The highest BCUT2D eigenvalue weighted by Crippen LogP contribution is 2.27. The summed E-state index contributed by atoms with van der Waals surface area (Å²) >= 11 is 0. The normalized spacial score (nSPS) is 10.9. The molecule has 0 aliphatic rings. The molecule has 6 heteroatoms. The molecule has 90 valence electrons. The zero-order valence-corrected chi connectivity index (χ0v) is 8.88. The van der Waals surface area contributed by atoms with E-state index < -0.39 is 12.2 Å². The fraction of sp³-hybridized carbons (Fsp3) is 0.182. The SMILES string of the molecule is COc1ccc(-c2cc(C(F)F)[nH]n2)c(F)c1. The van der Waals surface area contributed by atoms with Gasteiger partial charge in [0.05, 0.1) is 12.8 Å². The molecular formula is C11H9F3N2O. The molecule has 0 saturated carbocycles. The molecule has 0 amide bonds. The molecule has 1 N–H and O–H groups in total. The molecule has 0 atom stereocenters. The maximum Gasteiger partial charge on any atom is 0.279 e. The minimum atomic E-state index is -2.66. The van der Waals surface area contributed by atoms with E-state index in [4.69, 9.17) is 4.74 Å². The van der Waals surface area contributed by atoms with Gasteiger partial charge in [-0.1, -0.05) is 0 Å². The Bertz CT molecular complexity index is 525. The summed E-state index contributed by atoms with van der Waals surface area (Å²) in [6.07, 6.45) is -2.66. The average Bonchev–Trinajstić information content (AvgIpc) is 2.78. The number of hydrogen-bond acceptors (Lipinski definition) is 2. The number of nitrogens with one attached hydrogen (secondary N) is 1. The summed E-state index contributed by atoms with van der Waals surface area (Å²) < 4.78 is 43.1. The van der Waals surface area contributed by atoms with Crippen molar-refractivity contribution in [2.24, 2.45) is 0 Å². The van der Waals surface area contributed by atoms with E-state index in [1.54, 1.807) is 0 Å². The summed E-state index contributed by atoms with van der Waals surface area (Å²) in [6.45, 7) is 0. The topological polar surface area (TPSA) is 37.9 Å². The van der Waals surface area contributed by atoms with Crippen molar-refractivity contribution in [2.45, 2.75) is 6.43 Å². The van der Waals surface area contributed by atoms with Crippen LogP contribution in [0.1, 0.15) is 12.1 Å². The van der Waals surface area contributed by atoms with Gasteiger partial charge in [0.1, 0.15) is 17.3 Å². The summed E-state index contributed by atoms with van der Waals surface area (Å²) in [5.74, 6) is -0.215. The number of aromatic amines is 1. The van der Waals surface area contributed by atoms with E-state index in [0.29, 0.717) is 5.75 Å². The van der Waals surface area contributed by atoms with Crippen molar-refractivity contribution >= 4 is 0 Å². The molecule has 2 rings (SSSR count). The number of benzene rings is 1. The molecule has 0 aliphatic heterocycles. The minimum Gasteiger partial charge on any atom is -0.497 e. The van der Waals surface area contributed by atoms with E-state index in [1.165, 1.54) is 25.3 Å². The van der Waals surface area contributed by atoms with E-state index in [2.05, 4.69) is 10.2 Å². The van der Waals surface area contributed by atoms with Gasteiger partial charge in [-0.2, -0.15) is 5.10 Å². The van der Waals surface area contributed by atoms with Crippen molar-refractivity contribution in [3.8, 4) is 17.0 Å². The van der Waals surface area contributed by atoms with Crippen LogP contribution in [0.3, 0.4) is 0 Å². The monoisotopic (exact) mass is 242 g/mol. The highest BCUT2D eigenvalue weighted by molar-refractivity contribution is 5.61. The van der Waals surface area contributed by atoms with Gasteiger partial charge in [0.2, 0.25) is 0 Å². The molecule has 0 spiro atoms. The first-order valence-electron chi connectivity index (χ1n) is 4.79.